The van der Waals surface area contributed by atoms with Crippen molar-refractivity contribution < 1.29 is 19.5 Å². The Hall–Kier alpha value is -1.59. The Morgan fingerprint density at radius 3 is 2.39 bits per heavy atom. The highest BCUT2D eigenvalue weighted by Crippen LogP contribution is 2.67. The lowest BCUT2D eigenvalue weighted by molar-refractivity contribution is -0.158. The predicted octanol–water partition coefficient (Wildman–Crippen LogP) is 5.64. The van der Waals surface area contributed by atoms with Crippen LogP contribution in [-0.4, -0.2) is 47.4 Å². The third-order valence-electron chi connectivity index (χ3n) is 11.5. The highest BCUT2D eigenvalue weighted by molar-refractivity contribution is 5.77. The molecule has 4 aliphatic rings. The van der Waals surface area contributed by atoms with Crippen LogP contribution in [0.3, 0.4) is 0 Å². The Balaban J connectivity index is 1.29. The number of nitrogens with one attached hydrogen (secondary N) is 1. The summed E-state index contributed by atoms with van der Waals surface area (Å²) in [4.78, 5) is 37.7. The number of hydrogen-bond donors (Lipinski definition) is 2. The molecule has 8 atom stereocenters. The predicted molar refractivity (Wildman–Crippen MR) is 141 cm³/mol. The highest BCUT2D eigenvalue weighted by Gasteiger charge is 2.62. The second kappa shape index (κ2) is 11.0. The fourth-order valence-electron chi connectivity index (χ4n) is 9.46. The molecule has 1 saturated heterocycles. The van der Waals surface area contributed by atoms with Gasteiger partial charge in [-0.2, -0.15) is 0 Å². The number of unbranched alkanes of at least 4 members (excludes halogenated alkanes) is 4. The standard InChI is InChI=1S/C30H50N2O4/c1-20-18-23-21-12-13-25-30(3,17-15-27(34)32(25)4)22(21)14-16-29(23,2)24(20)19-31-26(33)10-8-6-5-7-9-11-28(35)36/h20-25H,5-19H2,1-4H3,(H,31,33)(H,35,36)/t20?,21-,22+,23+,24+,25-,29+,30-/m1/s1. The zero-order valence-electron chi connectivity index (χ0n) is 23.2. The lowest BCUT2D eigenvalue weighted by Crippen LogP contribution is -2.61. The van der Waals surface area contributed by atoms with Gasteiger partial charge < -0.3 is 15.3 Å². The molecule has 1 unspecified atom stereocenters. The number of fused-ring (bicyclic) bond motifs is 5. The molecule has 204 valence electrons. The van der Waals surface area contributed by atoms with Crippen LogP contribution in [0.4, 0.5) is 0 Å². The Kier molecular flexibility index (Phi) is 8.41. The van der Waals surface area contributed by atoms with Crippen molar-refractivity contribution in [3.05, 3.63) is 0 Å². The van der Waals surface area contributed by atoms with Crippen molar-refractivity contribution in [2.45, 2.75) is 117 Å². The second-order valence-electron chi connectivity index (χ2n) is 13.3. The number of carboxylic acid groups (broad SMARTS) is 1. The lowest BCUT2D eigenvalue weighted by Gasteiger charge is -2.61. The summed E-state index contributed by atoms with van der Waals surface area (Å²) in [6.07, 6.45) is 13.4. The van der Waals surface area contributed by atoms with E-state index >= 15 is 0 Å². The van der Waals surface area contributed by atoms with Crippen LogP contribution in [0.25, 0.3) is 0 Å². The molecule has 3 aliphatic carbocycles. The Labute approximate surface area is 218 Å². The van der Waals surface area contributed by atoms with Crippen LogP contribution in [0, 0.1) is 40.4 Å². The molecular formula is C30H50N2O4. The average molecular weight is 503 g/mol. The van der Waals surface area contributed by atoms with Gasteiger partial charge in [-0.05, 0) is 91.8 Å². The molecule has 0 spiro atoms. The van der Waals surface area contributed by atoms with E-state index in [0.29, 0.717) is 42.0 Å². The van der Waals surface area contributed by atoms with E-state index in [9.17, 15) is 14.4 Å². The third kappa shape index (κ3) is 5.20. The Morgan fingerprint density at radius 1 is 0.972 bits per heavy atom. The first-order chi connectivity index (χ1) is 17.1. The van der Waals surface area contributed by atoms with Gasteiger partial charge in [0.1, 0.15) is 0 Å². The number of carboxylic acids is 1. The van der Waals surface area contributed by atoms with Crippen LogP contribution in [0.2, 0.25) is 0 Å². The summed E-state index contributed by atoms with van der Waals surface area (Å²) in [5.41, 5.74) is 0.563. The van der Waals surface area contributed by atoms with Crippen LogP contribution in [0.1, 0.15) is 111 Å². The Morgan fingerprint density at radius 2 is 1.67 bits per heavy atom. The van der Waals surface area contributed by atoms with E-state index in [1.807, 2.05) is 7.05 Å². The molecule has 2 amide bonds. The van der Waals surface area contributed by atoms with Gasteiger partial charge in [-0.1, -0.05) is 40.0 Å². The minimum absolute atomic E-state index is 0.177. The van der Waals surface area contributed by atoms with Gasteiger partial charge in [0.25, 0.3) is 0 Å². The first-order valence-corrected chi connectivity index (χ1v) is 14.8. The third-order valence-corrected chi connectivity index (χ3v) is 11.5. The maximum Gasteiger partial charge on any atom is 0.303 e. The van der Waals surface area contributed by atoms with Crippen molar-refractivity contribution in [1.82, 2.24) is 10.2 Å². The zero-order chi connectivity index (χ0) is 26.1. The summed E-state index contributed by atoms with van der Waals surface area (Å²) >= 11 is 0. The van der Waals surface area contributed by atoms with Gasteiger partial charge in [-0.15, -0.1) is 0 Å². The van der Waals surface area contributed by atoms with Crippen LogP contribution < -0.4 is 5.32 Å². The first kappa shape index (κ1) is 27.4. The molecule has 6 nitrogen and oxygen atoms in total. The van der Waals surface area contributed by atoms with Crippen LogP contribution in [0.5, 0.6) is 0 Å². The first-order valence-electron chi connectivity index (χ1n) is 14.8. The molecule has 1 heterocycles. The average Bonchev–Trinajstić information content (AvgIpc) is 3.09. The van der Waals surface area contributed by atoms with Gasteiger partial charge in [-0.25, -0.2) is 0 Å². The number of carbonyl (C=O) groups excluding carboxylic acids is 2. The summed E-state index contributed by atoms with van der Waals surface area (Å²) in [7, 11) is 2.04. The number of aliphatic carboxylic acids is 1. The zero-order valence-corrected chi connectivity index (χ0v) is 23.2. The second-order valence-corrected chi connectivity index (χ2v) is 13.3. The molecule has 4 rings (SSSR count). The fraction of sp³-hybridized carbons (Fsp3) is 0.900. The molecule has 2 N–H and O–H groups in total. The SMILES string of the molecule is CC1C[C@H]2[C@@H]3CC[C@H]4N(C)C(=O)CC[C@]4(C)[C@H]3CC[C@]2(C)[C@H]1CNC(=O)CCCCCCCC(=O)O. The van der Waals surface area contributed by atoms with Gasteiger partial charge in [0.05, 0.1) is 0 Å². The molecule has 3 saturated carbocycles. The van der Waals surface area contributed by atoms with Crippen molar-refractivity contribution >= 4 is 17.8 Å². The highest BCUT2D eigenvalue weighted by atomic mass is 16.4. The number of amides is 2. The number of rotatable bonds is 10. The van der Waals surface area contributed by atoms with E-state index in [4.69, 9.17) is 5.11 Å². The minimum Gasteiger partial charge on any atom is -0.481 e. The molecule has 4 fully saturated rings. The number of hydrogen-bond acceptors (Lipinski definition) is 3. The van der Waals surface area contributed by atoms with Gasteiger partial charge in [0.2, 0.25) is 11.8 Å². The maximum atomic E-state index is 12.6. The van der Waals surface area contributed by atoms with Crippen molar-refractivity contribution in [3.63, 3.8) is 0 Å². The summed E-state index contributed by atoms with van der Waals surface area (Å²) < 4.78 is 0. The number of piperidine rings is 1. The molecule has 36 heavy (non-hydrogen) atoms. The van der Waals surface area contributed by atoms with Gasteiger partial charge in [-0.3, -0.25) is 14.4 Å². The van der Waals surface area contributed by atoms with E-state index in [1.165, 1.54) is 25.7 Å². The number of carbonyl (C=O) groups is 3. The van der Waals surface area contributed by atoms with E-state index < -0.39 is 5.97 Å². The van der Waals surface area contributed by atoms with Gasteiger partial charge in [0.15, 0.2) is 0 Å². The number of likely N-dealkylation sites (tertiary alicyclic amines) is 1. The minimum atomic E-state index is -0.722. The fourth-order valence-corrected chi connectivity index (χ4v) is 9.46. The summed E-state index contributed by atoms with van der Waals surface area (Å²) in [6.45, 7) is 8.23. The van der Waals surface area contributed by atoms with Crippen LogP contribution in [0.15, 0.2) is 0 Å². The maximum absolute atomic E-state index is 12.6. The van der Waals surface area contributed by atoms with E-state index in [0.717, 1.165) is 69.2 Å². The number of nitrogens with zero attached hydrogens (tertiary/aromatic N) is 1. The largest absolute Gasteiger partial charge is 0.481 e. The summed E-state index contributed by atoms with van der Waals surface area (Å²) in [6, 6.07) is 0.412. The summed E-state index contributed by atoms with van der Waals surface area (Å²) in [5, 5.41) is 12.0. The van der Waals surface area contributed by atoms with Crippen molar-refractivity contribution in [1.29, 1.82) is 0 Å². The van der Waals surface area contributed by atoms with Gasteiger partial charge in [0, 0.05) is 38.9 Å². The molecule has 0 bridgehead atoms. The molecular weight excluding hydrogens is 452 g/mol. The lowest BCUT2D eigenvalue weighted by atomic mass is 9.47. The van der Waals surface area contributed by atoms with Crippen molar-refractivity contribution in [3.8, 4) is 0 Å². The summed E-state index contributed by atoms with van der Waals surface area (Å²) in [5.74, 6) is 3.19. The quantitative estimate of drug-likeness (QED) is 0.378. The smallest absolute Gasteiger partial charge is 0.303 e. The van der Waals surface area contributed by atoms with E-state index in [-0.39, 0.29) is 17.7 Å². The van der Waals surface area contributed by atoms with Gasteiger partial charge >= 0.3 is 5.97 Å². The Bertz CT molecular complexity index is 830. The van der Waals surface area contributed by atoms with Crippen molar-refractivity contribution in [2.75, 3.05) is 13.6 Å². The van der Waals surface area contributed by atoms with Crippen LogP contribution >= 0.6 is 0 Å². The monoisotopic (exact) mass is 502 g/mol. The van der Waals surface area contributed by atoms with E-state index in [2.05, 4.69) is 31.0 Å². The molecule has 0 aromatic carbocycles. The normalized spacial score (nSPS) is 39.8. The molecule has 1 aliphatic heterocycles. The van der Waals surface area contributed by atoms with Crippen LogP contribution in [-0.2, 0) is 14.4 Å². The molecule has 0 radical (unpaired) electrons. The topological polar surface area (TPSA) is 86.7 Å². The van der Waals surface area contributed by atoms with Crippen molar-refractivity contribution in [2.24, 2.45) is 40.4 Å². The molecule has 0 aromatic heterocycles. The molecule has 6 heteroatoms. The molecule has 0 aromatic rings. The van der Waals surface area contributed by atoms with E-state index in [1.54, 1.807) is 0 Å².